The second kappa shape index (κ2) is 6.62. The second-order valence-electron chi connectivity index (χ2n) is 7.51. The average molecular weight is 337 g/mol. The monoisotopic (exact) mass is 337 g/mol. The first-order chi connectivity index (χ1) is 11.3. The Labute approximate surface area is 143 Å². The van der Waals surface area contributed by atoms with Crippen LogP contribution in [0.5, 0.6) is 5.88 Å². The Hall–Kier alpha value is -1.18. The summed E-state index contributed by atoms with van der Waals surface area (Å²) in [5, 5.41) is 0. The highest BCUT2D eigenvalue weighted by Gasteiger charge is 2.52. The zero-order chi connectivity index (χ0) is 17.4. The number of halogens is 1. The number of hydrogen-bond acceptors (Lipinski definition) is 5. The first-order valence-corrected chi connectivity index (χ1v) is 8.50. The van der Waals surface area contributed by atoms with Crippen molar-refractivity contribution in [2.75, 3.05) is 19.8 Å². The predicted molar refractivity (Wildman–Crippen MR) is 88.9 cm³/mol. The van der Waals surface area contributed by atoms with Gasteiger partial charge >= 0.3 is 7.12 Å². The fraction of sp³-hybridized carbons (Fsp3) is 0.706. The molecular formula is C17H25BFNO4. The van der Waals surface area contributed by atoms with Crippen LogP contribution in [-0.4, -0.2) is 43.1 Å². The molecule has 0 atom stereocenters. The number of rotatable bonds is 4. The zero-order valence-corrected chi connectivity index (χ0v) is 14.8. The lowest BCUT2D eigenvalue weighted by molar-refractivity contribution is 0.00578. The molecule has 1 aromatic rings. The van der Waals surface area contributed by atoms with E-state index in [-0.39, 0.29) is 5.88 Å². The van der Waals surface area contributed by atoms with Crippen molar-refractivity contribution in [3.05, 3.63) is 18.1 Å². The molecule has 132 valence electrons. The zero-order valence-electron chi connectivity index (χ0n) is 14.8. The van der Waals surface area contributed by atoms with Gasteiger partial charge in [0.05, 0.1) is 17.8 Å². The molecule has 5 nitrogen and oxygen atoms in total. The Balaban J connectivity index is 1.64. The van der Waals surface area contributed by atoms with Gasteiger partial charge in [0.1, 0.15) is 0 Å². The molecule has 0 bridgehead atoms. The summed E-state index contributed by atoms with van der Waals surface area (Å²) < 4.78 is 37.0. The summed E-state index contributed by atoms with van der Waals surface area (Å²) in [6.45, 7) is 9.79. The first kappa shape index (κ1) is 17.6. The van der Waals surface area contributed by atoms with Crippen LogP contribution < -0.4 is 10.2 Å². The van der Waals surface area contributed by atoms with Crippen LogP contribution in [0.15, 0.2) is 12.3 Å². The van der Waals surface area contributed by atoms with Crippen molar-refractivity contribution < 1.29 is 23.2 Å². The highest BCUT2D eigenvalue weighted by Crippen LogP contribution is 2.36. The Morgan fingerprint density at radius 2 is 1.83 bits per heavy atom. The number of pyridine rings is 1. The summed E-state index contributed by atoms with van der Waals surface area (Å²) in [5.74, 6) is -0.0706. The van der Waals surface area contributed by atoms with E-state index in [4.69, 9.17) is 18.8 Å². The van der Waals surface area contributed by atoms with Gasteiger partial charge in [0.15, 0.2) is 5.82 Å². The Bertz CT molecular complexity index is 574. The van der Waals surface area contributed by atoms with Crippen LogP contribution in [0, 0.1) is 11.7 Å². The summed E-state index contributed by atoms with van der Waals surface area (Å²) in [6, 6.07) is 1.38. The molecule has 7 heteroatoms. The van der Waals surface area contributed by atoms with Gasteiger partial charge in [-0.05, 0) is 52.5 Å². The van der Waals surface area contributed by atoms with E-state index in [9.17, 15) is 4.39 Å². The quantitative estimate of drug-likeness (QED) is 0.790. The van der Waals surface area contributed by atoms with E-state index in [1.165, 1.54) is 6.07 Å². The second-order valence-corrected chi connectivity index (χ2v) is 7.51. The standard InChI is InChI=1S/C17H25BFNO4/c1-16(2)17(3,4)24-18(23-16)13-9-14(19)15(20-10-13)22-11-12-5-7-21-8-6-12/h9-10,12H,5-8,11H2,1-4H3. The average Bonchev–Trinajstić information content (AvgIpc) is 2.75. The fourth-order valence-corrected chi connectivity index (χ4v) is 2.76. The molecule has 3 heterocycles. The molecule has 0 unspecified atom stereocenters. The smallest absolute Gasteiger partial charge is 0.475 e. The van der Waals surface area contributed by atoms with Gasteiger partial charge in [0.25, 0.3) is 0 Å². The minimum Gasteiger partial charge on any atom is -0.475 e. The van der Waals surface area contributed by atoms with Gasteiger partial charge in [-0.3, -0.25) is 0 Å². The van der Waals surface area contributed by atoms with Gasteiger partial charge < -0.3 is 18.8 Å². The third-order valence-corrected chi connectivity index (χ3v) is 5.15. The normalized spacial score (nSPS) is 23.5. The van der Waals surface area contributed by atoms with E-state index in [0.717, 1.165) is 26.1 Å². The molecule has 0 saturated carbocycles. The first-order valence-electron chi connectivity index (χ1n) is 8.50. The minimum absolute atomic E-state index is 0.0294. The molecule has 0 aromatic carbocycles. The van der Waals surface area contributed by atoms with Crippen LogP contribution in [0.3, 0.4) is 0 Å². The molecule has 0 radical (unpaired) electrons. The van der Waals surface area contributed by atoms with Gasteiger partial charge in [0, 0.05) is 24.9 Å². The van der Waals surface area contributed by atoms with Gasteiger partial charge in [-0.1, -0.05) is 0 Å². The molecular weight excluding hydrogens is 312 g/mol. The largest absolute Gasteiger partial charge is 0.496 e. The van der Waals surface area contributed by atoms with Gasteiger partial charge in [-0.25, -0.2) is 9.37 Å². The summed E-state index contributed by atoms with van der Waals surface area (Å²) in [4.78, 5) is 4.11. The van der Waals surface area contributed by atoms with Crippen molar-refractivity contribution in [1.29, 1.82) is 0 Å². The summed E-state index contributed by atoms with van der Waals surface area (Å²) >= 11 is 0. The van der Waals surface area contributed by atoms with E-state index in [0.29, 0.717) is 18.0 Å². The van der Waals surface area contributed by atoms with Crippen LogP contribution in [0.25, 0.3) is 0 Å². The van der Waals surface area contributed by atoms with E-state index >= 15 is 0 Å². The van der Waals surface area contributed by atoms with E-state index in [2.05, 4.69) is 4.98 Å². The molecule has 2 saturated heterocycles. The third kappa shape index (κ3) is 3.58. The fourth-order valence-electron chi connectivity index (χ4n) is 2.76. The van der Waals surface area contributed by atoms with Gasteiger partial charge in [-0.15, -0.1) is 0 Å². The maximum absolute atomic E-state index is 14.3. The van der Waals surface area contributed by atoms with Crippen LogP contribution in [-0.2, 0) is 14.0 Å². The third-order valence-electron chi connectivity index (χ3n) is 5.15. The van der Waals surface area contributed by atoms with Crippen LogP contribution in [0.2, 0.25) is 0 Å². The van der Waals surface area contributed by atoms with E-state index in [1.807, 2.05) is 27.7 Å². The maximum atomic E-state index is 14.3. The minimum atomic E-state index is -0.624. The molecule has 0 spiro atoms. The Morgan fingerprint density at radius 3 is 2.42 bits per heavy atom. The Morgan fingerprint density at radius 1 is 1.21 bits per heavy atom. The van der Waals surface area contributed by atoms with Crippen molar-refractivity contribution in [3.8, 4) is 5.88 Å². The number of ether oxygens (including phenoxy) is 2. The van der Waals surface area contributed by atoms with Gasteiger partial charge in [-0.2, -0.15) is 0 Å². The summed E-state index contributed by atoms with van der Waals surface area (Å²) in [5.41, 5.74) is -0.372. The molecule has 0 aliphatic carbocycles. The maximum Gasteiger partial charge on any atom is 0.496 e. The molecule has 2 fully saturated rings. The van der Waals surface area contributed by atoms with Crippen molar-refractivity contribution >= 4 is 12.6 Å². The highest BCUT2D eigenvalue weighted by molar-refractivity contribution is 6.62. The number of nitrogens with zero attached hydrogens (tertiary/aromatic N) is 1. The highest BCUT2D eigenvalue weighted by atomic mass is 19.1. The van der Waals surface area contributed by atoms with Crippen molar-refractivity contribution in [1.82, 2.24) is 4.98 Å². The Kier molecular flexibility index (Phi) is 4.86. The summed E-state index contributed by atoms with van der Waals surface area (Å²) in [6.07, 6.45) is 3.44. The topological polar surface area (TPSA) is 49.8 Å². The lowest BCUT2D eigenvalue weighted by Crippen LogP contribution is -2.41. The molecule has 24 heavy (non-hydrogen) atoms. The van der Waals surface area contributed by atoms with Crippen LogP contribution >= 0.6 is 0 Å². The van der Waals surface area contributed by atoms with Gasteiger partial charge in [0.2, 0.25) is 5.88 Å². The molecule has 3 rings (SSSR count). The van der Waals surface area contributed by atoms with Crippen LogP contribution in [0.4, 0.5) is 4.39 Å². The summed E-state index contributed by atoms with van der Waals surface area (Å²) in [7, 11) is -0.624. The van der Waals surface area contributed by atoms with Crippen molar-refractivity contribution in [2.24, 2.45) is 5.92 Å². The van der Waals surface area contributed by atoms with Crippen molar-refractivity contribution in [2.45, 2.75) is 51.7 Å². The molecule has 2 aliphatic rings. The number of hydrogen-bond donors (Lipinski definition) is 0. The lowest BCUT2D eigenvalue weighted by atomic mass is 9.80. The predicted octanol–water partition coefficient (Wildman–Crippen LogP) is 2.33. The van der Waals surface area contributed by atoms with E-state index < -0.39 is 24.1 Å². The van der Waals surface area contributed by atoms with Crippen molar-refractivity contribution in [3.63, 3.8) is 0 Å². The SMILES string of the molecule is CC1(C)OB(c2cnc(OCC3CCOCC3)c(F)c2)OC1(C)C. The lowest BCUT2D eigenvalue weighted by Gasteiger charge is -2.32. The van der Waals surface area contributed by atoms with E-state index in [1.54, 1.807) is 6.20 Å². The molecule has 2 aliphatic heterocycles. The molecule has 0 N–H and O–H groups in total. The molecule has 0 amide bonds. The number of aromatic nitrogens is 1. The molecule has 1 aromatic heterocycles. The van der Waals surface area contributed by atoms with Crippen LogP contribution in [0.1, 0.15) is 40.5 Å².